The Hall–Kier alpha value is -3.06. The maximum absolute atomic E-state index is 12.8. The number of rotatable bonds is 2. The first-order valence-electron chi connectivity index (χ1n) is 8.11. The number of benzene rings is 2. The summed E-state index contributed by atoms with van der Waals surface area (Å²) < 4.78 is 5.30. The molecule has 1 aromatic heterocycles. The molecule has 0 bridgehead atoms. The van der Waals surface area contributed by atoms with E-state index < -0.39 is 0 Å². The van der Waals surface area contributed by atoms with Crippen LogP contribution in [-0.2, 0) is 4.74 Å². The summed E-state index contributed by atoms with van der Waals surface area (Å²) >= 11 is 0. The number of aromatic amines is 2. The molecule has 0 atom stereocenters. The summed E-state index contributed by atoms with van der Waals surface area (Å²) in [5.41, 5.74) is 9.83. The number of para-hydroxylation sites is 1. The molecule has 0 spiro atoms. The van der Waals surface area contributed by atoms with Gasteiger partial charge in [-0.2, -0.15) is 0 Å². The van der Waals surface area contributed by atoms with Gasteiger partial charge in [0, 0.05) is 29.9 Å². The highest BCUT2D eigenvalue weighted by Gasteiger charge is 2.20. The Balaban J connectivity index is 1.79. The van der Waals surface area contributed by atoms with Gasteiger partial charge in [-0.3, -0.25) is 4.79 Å². The molecule has 1 aliphatic heterocycles. The van der Waals surface area contributed by atoms with E-state index in [0.717, 1.165) is 11.1 Å². The molecule has 7 heteroatoms. The SMILES string of the molecule is Nc1cc(C(=O)N2CCOCC2)cc(-c2cccc3[nH]c(=O)[nH]c23)c1. The number of hydrogen-bond acceptors (Lipinski definition) is 4. The molecule has 2 heterocycles. The summed E-state index contributed by atoms with van der Waals surface area (Å²) in [6.07, 6.45) is 0. The molecular weight excluding hydrogens is 320 g/mol. The zero-order valence-corrected chi connectivity index (χ0v) is 13.5. The third-order valence-corrected chi connectivity index (χ3v) is 4.36. The van der Waals surface area contributed by atoms with Gasteiger partial charge in [-0.25, -0.2) is 4.79 Å². The van der Waals surface area contributed by atoms with Crippen LogP contribution in [-0.4, -0.2) is 47.1 Å². The smallest absolute Gasteiger partial charge is 0.323 e. The number of imidazole rings is 1. The number of H-pyrrole nitrogens is 2. The first kappa shape index (κ1) is 15.5. The maximum Gasteiger partial charge on any atom is 0.323 e. The van der Waals surface area contributed by atoms with Gasteiger partial charge < -0.3 is 25.3 Å². The molecule has 1 fully saturated rings. The van der Waals surface area contributed by atoms with Gasteiger partial charge in [-0.15, -0.1) is 0 Å². The molecule has 0 unspecified atom stereocenters. The lowest BCUT2D eigenvalue weighted by atomic mass is 10.00. The number of nitrogens with zero attached hydrogens (tertiary/aromatic N) is 1. The molecule has 3 aromatic rings. The van der Waals surface area contributed by atoms with E-state index in [1.807, 2.05) is 24.3 Å². The molecule has 1 aliphatic rings. The van der Waals surface area contributed by atoms with E-state index in [2.05, 4.69) is 9.97 Å². The standard InChI is InChI=1S/C18H18N4O3/c19-13-9-11(14-2-1-3-15-16(14)21-18(24)20-15)8-12(10-13)17(23)22-4-6-25-7-5-22/h1-3,8-10H,4-7,19H2,(H2,20,21,24). The van der Waals surface area contributed by atoms with Crippen molar-refractivity contribution in [2.24, 2.45) is 0 Å². The van der Waals surface area contributed by atoms with E-state index >= 15 is 0 Å². The average Bonchev–Trinajstić information content (AvgIpc) is 3.01. The van der Waals surface area contributed by atoms with Gasteiger partial charge in [0.05, 0.1) is 24.2 Å². The van der Waals surface area contributed by atoms with Crippen molar-refractivity contribution in [3.63, 3.8) is 0 Å². The van der Waals surface area contributed by atoms with Gasteiger partial charge >= 0.3 is 5.69 Å². The molecule has 4 N–H and O–H groups in total. The van der Waals surface area contributed by atoms with Gasteiger partial charge in [0.2, 0.25) is 0 Å². The number of fused-ring (bicyclic) bond motifs is 1. The lowest BCUT2D eigenvalue weighted by Gasteiger charge is -2.27. The predicted molar refractivity (Wildman–Crippen MR) is 95.5 cm³/mol. The summed E-state index contributed by atoms with van der Waals surface area (Å²) in [5.74, 6) is -0.0633. The number of nitrogens with two attached hydrogens (primary N) is 1. The van der Waals surface area contributed by atoms with E-state index in [-0.39, 0.29) is 11.6 Å². The molecule has 1 amide bonds. The Labute approximate surface area is 143 Å². The number of carbonyl (C=O) groups excluding carboxylic acids is 1. The second-order valence-electron chi connectivity index (χ2n) is 6.06. The van der Waals surface area contributed by atoms with Gasteiger partial charge in [0.25, 0.3) is 5.91 Å². The van der Waals surface area contributed by atoms with Gasteiger partial charge in [0.1, 0.15) is 0 Å². The van der Waals surface area contributed by atoms with E-state index in [1.165, 1.54) is 0 Å². The molecule has 7 nitrogen and oxygen atoms in total. The number of ether oxygens (including phenoxy) is 1. The van der Waals surface area contributed by atoms with Crippen molar-refractivity contribution in [2.75, 3.05) is 32.0 Å². The summed E-state index contributed by atoms with van der Waals surface area (Å²) in [7, 11) is 0. The Kier molecular flexibility index (Phi) is 3.77. The molecular formula is C18H18N4O3. The van der Waals surface area contributed by atoms with Crippen molar-refractivity contribution >= 4 is 22.6 Å². The Bertz CT molecular complexity index is 999. The minimum Gasteiger partial charge on any atom is -0.399 e. The number of carbonyl (C=O) groups is 1. The van der Waals surface area contributed by atoms with Crippen LogP contribution in [0.5, 0.6) is 0 Å². The molecule has 1 saturated heterocycles. The predicted octanol–water partition coefficient (Wildman–Crippen LogP) is 1.58. The van der Waals surface area contributed by atoms with Crippen molar-refractivity contribution in [1.82, 2.24) is 14.9 Å². The summed E-state index contributed by atoms with van der Waals surface area (Å²) in [5, 5.41) is 0. The van der Waals surface area contributed by atoms with Crippen LogP contribution in [0, 0.1) is 0 Å². The van der Waals surface area contributed by atoms with Crippen LogP contribution < -0.4 is 11.4 Å². The fraction of sp³-hybridized carbons (Fsp3) is 0.222. The van der Waals surface area contributed by atoms with E-state index in [1.54, 1.807) is 17.0 Å². The summed E-state index contributed by atoms with van der Waals surface area (Å²) in [6.45, 7) is 2.24. The van der Waals surface area contributed by atoms with Crippen LogP contribution in [0.1, 0.15) is 10.4 Å². The van der Waals surface area contributed by atoms with Gasteiger partial charge in [0.15, 0.2) is 0 Å². The Morgan fingerprint density at radius 1 is 1.12 bits per heavy atom. The summed E-state index contributed by atoms with van der Waals surface area (Å²) in [4.78, 5) is 31.7. The van der Waals surface area contributed by atoms with Gasteiger partial charge in [-0.1, -0.05) is 12.1 Å². The fourth-order valence-corrected chi connectivity index (χ4v) is 3.18. The van der Waals surface area contributed by atoms with Crippen LogP contribution in [0.3, 0.4) is 0 Å². The number of aromatic nitrogens is 2. The van der Waals surface area contributed by atoms with Crippen LogP contribution >= 0.6 is 0 Å². The zero-order valence-electron chi connectivity index (χ0n) is 13.5. The molecule has 128 valence electrons. The van der Waals surface area contributed by atoms with Crippen molar-refractivity contribution in [3.05, 3.63) is 52.4 Å². The van der Waals surface area contributed by atoms with Crippen LogP contribution in [0.4, 0.5) is 5.69 Å². The number of anilines is 1. The van der Waals surface area contributed by atoms with E-state index in [9.17, 15) is 9.59 Å². The largest absolute Gasteiger partial charge is 0.399 e. The third-order valence-electron chi connectivity index (χ3n) is 4.36. The summed E-state index contributed by atoms with van der Waals surface area (Å²) in [6, 6.07) is 10.9. The number of amides is 1. The number of nitrogen functional groups attached to an aromatic ring is 1. The number of morpholine rings is 1. The van der Waals surface area contributed by atoms with Crippen molar-refractivity contribution < 1.29 is 9.53 Å². The highest BCUT2D eigenvalue weighted by Crippen LogP contribution is 2.29. The second-order valence-corrected chi connectivity index (χ2v) is 6.06. The number of nitrogens with one attached hydrogen (secondary N) is 2. The first-order valence-corrected chi connectivity index (χ1v) is 8.11. The third kappa shape index (κ3) is 2.89. The zero-order chi connectivity index (χ0) is 17.4. The highest BCUT2D eigenvalue weighted by molar-refractivity contribution is 5.99. The number of hydrogen-bond donors (Lipinski definition) is 3. The monoisotopic (exact) mass is 338 g/mol. The first-order chi connectivity index (χ1) is 12.1. The molecule has 4 rings (SSSR count). The van der Waals surface area contributed by atoms with Crippen LogP contribution in [0.15, 0.2) is 41.2 Å². The van der Waals surface area contributed by atoms with Gasteiger partial charge in [-0.05, 0) is 29.8 Å². The van der Waals surface area contributed by atoms with Crippen molar-refractivity contribution in [3.8, 4) is 11.1 Å². The molecule has 0 aliphatic carbocycles. The van der Waals surface area contributed by atoms with Crippen LogP contribution in [0.2, 0.25) is 0 Å². The molecule has 25 heavy (non-hydrogen) atoms. The van der Waals surface area contributed by atoms with Crippen LogP contribution in [0.25, 0.3) is 22.2 Å². The average molecular weight is 338 g/mol. The molecule has 0 radical (unpaired) electrons. The van der Waals surface area contributed by atoms with E-state index in [0.29, 0.717) is 48.6 Å². The minimum atomic E-state index is -0.268. The molecule has 2 aromatic carbocycles. The second kappa shape index (κ2) is 6.10. The molecule has 0 saturated carbocycles. The Morgan fingerprint density at radius 2 is 1.92 bits per heavy atom. The Morgan fingerprint density at radius 3 is 2.72 bits per heavy atom. The fourth-order valence-electron chi connectivity index (χ4n) is 3.18. The topological polar surface area (TPSA) is 104 Å². The maximum atomic E-state index is 12.8. The lowest BCUT2D eigenvalue weighted by molar-refractivity contribution is 0.0303. The quantitative estimate of drug-likeness (QED) is 0.617. The van der Waals surface area contributed by atoms with Crippen molar-refractivity contribution in [2.45, 2.75) is 0 Å². The van der Waals surface area contributed by atoms with E-state index in [4.69, 9.17) is 10.5 Å². The minimum absolute atomic E-state index is 0.0633. The van der Waals surface area contributed by atoms with Crippen molar-refractivity contribution in [1.29, 1.82) is 0 Å². The normalized spacial score (nSPS) is 14.8. The highest BCUT2D eigenvalue weighted by atomic mass is 16.5. The lowest BCUT2D eigenvalue weighted by Crippen LogP contribution is -2.40.